The van der Waals surface area contributed by atoms with Gasteiger partial charge in [-0.2, -0.15) is 8.78 Å². The molecule has 0 unspecified atom stereocenters. The van der Waals surface area contributed by atoms with Gasteiger partial charge >= 0.3 is 11.9 Å². The number of carbonyl (C=O) groups excluding carboxylic acids is 1. The van der Waals surface area contributed by atoms with E-state index in [9.17, 15) is 18.0 Å². The Hall–Kier alpha value is -1.47. The number of hydrogen-bond acceptors (Lipinski definition) is 4. The third-order valence-corrected chi connectivity index (χ3v) is 2.48. The summed E-state index contributed by atoms with van der Waals surface area (Å²) in [5.74, 6) is -6.98. The van der Waals surface area contributed by atoms with Crippen LogP contribution in [0.1, 0.15) is 18.5 Å². The highest BCUT2D eigenvalue weighted by Crippen LogP contribution is 2.36. The Morgan fingerprint density at radius 3 is 2.55 bits per heavy atom. The number of rotatable bonds is 5. The summed E-state index contributed by atoms with van der Waals surface area (Å²) in [6.07, 6.45) is 0. The van der Waals surface area contributed by atoms with Crippen molar-refractivity contribution in [3.8, 4) is 5.75 Å². The van der Waals surface area contributed by atoms with Gasteiger partial charge in [0.2, 0.25) is 0 Å². The van der Waals surface area contributed by atoms with Gasteiger partial charge in [0.05, 0.1) is 19.3 Å². The van der Waals surface area contributed by atoms with Gasteiger partial charge in [0, 0.05) is 0 Å². The van der Waals surface area contributed by atoms with Gasteiger partial charge in [-0.3, -0.25) is 0 Å². The third-order valence-electron chi connectivity index (χ3n) is 2.48. The van der Waals surface area contributed by atoms with E-state index in [0.717, 1.165) is 6.07 Å². The third kappa shape index (κ3) is 3.55. The summed E-state index contributed by atoms with van der Waals surface area (Å²) in [6, 6.07) is 1.33. The minimum atomic E-state index is -4.05. The predicted octanol–water partition coefficient (Wildman–Crippen LogP) is 2.45. The first kappa shape index (κ1) is 18.5. The number of methoxy groups -OCH3 is 1. The largest absolute Gasteiger partial charge is 0.496 e. The van der Waals surface area contributed by atoms with Crippen molar-refractivity contribution >= 4 is 18.4 Å². The molecule has 0 radical (unpaired) electrons. The van der Waals surface area contributed by atoms with Crippen molar-refractivity contribution in [2.45, 2.75) is 18.9 Å². The van der Waals surface area contributed by atoms with E-state index in [1.165, 1.54) is 26.2 Å². The van der Waals surface area contributed by atoms with Crippen LogP contribution in [-0.4, -0.2) is 25.6 Å². The summed E-state index contributed by atoms with van der Waals surface area (Å²) in [6.45, 7) is 1.15. The number of carbonyl (C=O) groups is 1. The Balaban J connectivity index is 0.00000361. The zero-order chi connectivity index (χ0) is 14.6. The molecule has 0 heterocycles. The molecule has 0 spiro atoms. The molecule has 0 amide bonds. The zero-order valence-electron chi connectivity index (χ0n) is 10.9. The average Bonchev–Trinajstić information content (AvgIpc) is 2.37. The first-order valence-electron chi connectivity index (χ1n) is 5.49. The molecule has 1 rings (SSSR count). The van der Waals surface area contributed by atoms with Crippen LogP contribution in [0.4, 0.5) is 13.2 Å². The molecule has 1 atom stereocenters. The maximum Gasteiger partial charge on any atom is 0.379 e. The van der Waals surface area contributed by atoms with Crippen LogP contribution in [0.15, 0.2) is 18.2 Å². The van der Waals surface area contributed by atoms with Crippen LogP contribution in [0.25, 0.3) is 0 Å². The molecule has 0 bridgehead atoms. The number of halogens is 4. The molecule has 1 aromatic carbocycles. The molecule has 0 aliphatic carbocycles. The molecule has 1 aromatic rings. The lowest BCUT2D eigenvalue weighted by Crippen LogP contribution is -2.42. The summed E-state index contributed by atoms with van der Waals surface area (Å²) >= 11 is 0. The second kappa shape index (κ2) is 7.35. The van der Waals surface area contributed by atoms with Gasteiger partial charge in [-0.25, -0.2) is 9.18 Å². The lowest BCUT2D eigenvalue weighted by Gasteiger charge is -2.23. The highest BCUT2D eigenvalue weighted by atomic mass is 35.5. The lowest BCUT2D eigenvalue weighted by molar-refractivity contribution is -0.175. The number of nitrogens with two attached hydrogens (primary N) is 1. The van der Waals surface area contributed by atoms with Crippen molar-refractivity contribution in [2.24, 2.45) is 5.73 Å². The van der Waals surface area contributed by atoms with Crippen LogP contribution in [0, 0.1) is 5.82 Å². The summed E-state index contributed by atoms with van der Waals surface area (Å²) in [7, 11) is 1.19. The van der Waals surface area contributed by atoms with Gasteiger partial charge in [-0.15, -0.1) is 12.4 Å². The summed E-state index contributed by atoms with van der Waals surface area (Å²) < 4.78 is 50.1. The van der Waals surface area contributed by atoms with E-state index in [-0.39, 0.29) is 24.8 Å². The molecule has 114 valence electrons. The molecule has 0 saturated heterocycles. The topological polar surface area (TPSA) is 61.5 Å². The van der Waals surface area contributed by atoms with E-state index < -0.39 is 29.3 Å². The van der Waals surface area contributed by atoms with Crippen molar-refractivity contribution in [3.63, 3.8) is 0 Å². The first-order chi connectivity index (χ1) is 8.86. The fourth-order valence-corrected chi connectivity index (χ4v) is 1.53. The van der Waals surface area contributed by atoms with Crippen molar-refractivity contribution in [1.29, 1.82) is 0 Å². The van der Waals surface area contributed by atoms with Crippen molar-refractivity contribution in [3.05, 3.63) is 29.6 Å². The molecule has 0 fully saturated rings. The van der Waals surface area contributed by atoms with E-state index in [2.05, 4.69) is 4.74 Å². The Labute approximate surface area is 120 Å². The van der Waals surface area contributed by atoms with E-state index in [1.807, 2.05) is 0 Å². The maximum absolute atomic E-state index is 13.8. The average molecular weight is 314 g/mol. The monoisotopic (exact) mass is 313 g/mol. The van der Waals surface area contributed by atoms with Crippen molar-refractivity contribution < 1.29 is 27.4 Å². The number of ether oxygens (including phenoxy) is 2. The maximum atomic E-state index is 13.8. The normalized spacial score (nSPS) is 12.3. The minimum Gasteiger partial charge on any atom is -0.496 e. The SMILES string of the molecule is CCOC(=O)C(F)(F)[C@@H](N)c1c(F)cccc1OC.Cl. The molecule has 8 heteroatoms. The van der Waals surface area contributed by atoms with E-state index in [0.29, 0.717) is 0 Å². The molecular weight excluding hydrogens is 299 g/mol. The van der Waals surface area contributed by atoms with E-state index >= 15 is 0 Å². The van der Waals surface area contributed by atoms with Crippen LogP contribution in [0.2, 0.25) is 0 Å². The number of alkyl halides is 2. The van der Waals surface area contributed by atoms with Gasteiger partial charge in [0.1, 0.15) is 17.6 Å². The first-order valence-corrected chi connectivity index (χ1v) is 5.49. The van der Waals surface area contributed by atoms with Crippen LogP contribution >= 0.6 is 12.4 Å². The Kier molecular flexibility index (Phi) is 6.81. The Morgan fingerprint density at radius 2 is 2.05 bits per heavy atom. The number of hydrogen-bond donors (Lipinski definition) is 1. The predicted molar refractivity (Wildman–Crippen MR) is 68.7 cm³/mol. The molecule has 0 aliphatic rings. The Bertz CT molecular complexity index is 471. The molecule has 0 aliphatic heterocycles. The van der Waals surface area contributed by atoms with Gasteiger partial charge in [-0.1, -0.05) is 6.07 Å². The van der Waals surface area contributed by atoms with Crippen LogP contribution < -0.4 is 10.5 Å². The van der Waals surface area contributed by atoms with Crippen LogP contribution in [0.3, 0.4) is 0 Å². The molecular formula is C12H15ClF3NO3. The van der Waals surface area contributed by atoms with Gasteiger partial charge in [-0.05, 0) is 19.1 Å². The summed E-state index contributed by atoms with van der Waals surface area (Å²) in [4.78, 5) is 11.2. The van der Waals surface area contributed by atoms with Crippen LogP contribution in [-0.2, 0) is 9.53 Å². The molecule has 0 aromatic heterocycles. The second-order valence-corrected chi connectivity index (χ2v) is 3.68. The quantitative estimate of drug-likeness (QED) is 0.848. The summed E-state index contributed by atoms with van der Waals surface area (Å²) in [5, 5.41) is 0. The van der Waals surface area contributed by atoms with Gasteiger partial charge < -0.3 is 15.2 Å². The molecule has 2 N–H and O–H groups in total. The van der Waals surface area contributed by atoms with Gasteiger partial charge in [0.25, 0.3) is 0 Å². The lowest BCUT2D eigenvalue weighted by atomic mass is 9.99. The van der Waals surface area contributed by atoms with Crippen molar-refractivity contribution in [2.75, 3.05) is 13.7 Å². The zero-order valence-corrected chi connectivity index (χ0v) is 11.7. The van der Waals surface area contributed by atoms with E-state index in [4.69, 9.17) is 10.5 Å². The molecule has 4 nitrogen and oxygen atoms in total. The molecule has 0 saturated carbocycles. The van der Waals surface area contributed by atoms with Crippen molar-refractivity contribution in [1.82, 2.24) is 0 Å². The summed E-state index contributed by atoms with van der Waals surface area (Å²) in [5.41, 5.74) is 4.74. The molecule has 20 heavy (non-hydrogen) atoms. The van der Waals surface area contributed by atoms with E-state index in [1.54, 1.807) is 0 Å². The number of benzene rings is 1. The minimum absolute atomic E-state index is 0. The fraction of sp³-hybridized carbons (Fsp3) is 0.417. The fourth-order valence-electron chi connectivity index (χ4n) is 1.53. The Morgan fingerprint density at radius 1 is 1.45 bits per heavy atom. The second-order valence-electron chi connectivity index (χ2n) is 3.68. The van der Waals surface area contributed by atoms with Gasteiger partial charge in [0.15, 0.2) is 0 Å². The standard InChI is InChI=1S/C12H14F3NO3.ClH/c1-3-19-11(17)12(14,15)10(16)9-7(13)5-4-6-8(9)18-2;/h4-6,10H,3,16H2,1-2H3;1H/t10-;/m0./s1. The smallest absolute Gasteiger partial charge is 0.379 e. The highest BCUT2D eigenvalue weighted by Gasteiger charge is 2.49. The highest BCUT2D eigenvalue weighted by molar-refractivity contribution is 5.85. The van der Waals surface area contributed by atoms with Crippen LogP contribution in [0.5, 0.6) is 5.75 Å². The number of esters is 1.